The van der Waals surface area contributed by atoms with Gasteiger partial charge in [0.25, 0.3) is 5.91 Å². The number of hydrogen-bond acceptors (Lipinski definition) is 5. The van der Waals surface area contributed by atoms with Crippen molar-refractivity contribution in [3.05, 3.63) is 77.4 Å². The average molecular weight is 449 g/mol. The summed E-state index contributed by atoms with van der Waals surface area (Å²) >= 11 is 0.841. The van der Waals surface area contributed by atoms with Crippen LogP contribution in [-0.2, 0) is 23.8 Å². The predicted molar refractivity (Wildman–Crippen MR) is 109 cm³/mol. The fourth-order valence-corrected chi connectivity index (χ4v) is 3.21. The van der Waals surface area contributed by atoms with E-state index in [0.717, 1.165) is 16.4 Å². The van der Waals surface area contributed by atoms with E-state index < -0.39 is 29.2 Å². The highest BCUT2D eigenvalue weighted by Crippen LogP contribution is 2.30. The highest BCUT2D eigenvalue weighted by atomic mass is 32.1. The van der Waals surface area contributed by atoms with E-state index in [1.165, 1.54) is 49.5 Å². The van der Waals surface area contributed by atoms with Crippen LogP contribution in [0.3, 0.4) is 0 Å². The van der Waals surface area contributed by atoms with E-state index in [9.17, 15) is 22.8 Å². The summed E-state index contributed by atoms with van der Waals surface area (Å²) in [6.45, 7) is -0.161. The van der Waals surface area contributed by atoms with Gasteiger partial charge in [0.2, 0.25) is 5.13 Å². The van der Waals surface area contributed by atoms with Gasteiger partial charge in [0.15, 0.2) is 5.82 Å². The number of aromatic nitrogens is 2. The third-order valence-electron chi connectivity index (χ3n) is 4.16. The van der Waals surface area contributed by atoms with Gasteiger partial charge in [-0.2, -0.15) is 13.2 Å². The van der Waals surface area contributed by atoms with Gasteiger partial charge >= 0.3 is 12.0 Å². The van der Waals surface area contributed by atoms with Gasteiger partial charge in [-0.05, 0) is 17.7 Å². The molecule has 162 valence electrons. The van der Waals surface area contributed by atoms with Crippen molar-refractivity contribution >= 4 is 28.6 Å². The Labute approximate surface area is 180 Å². The van der Waals surface area contributed by atoms with E-state index in [-0.39, 0.29) is 24.0 Å². The fourth-order valence-electron chi connectivity index (χ4n) is 2.63. The first-order valence-electron chi connectivity index (χ1n) is 9.06. The van der Waals surface area contributed by atoms with E-state index in [4.69, 9.17) is 0 Å². The van der Waals surface area contributed by atoms with Crippen LogP contribution < -0.4 is 10.6 Å². The number of benzene rings is 2. The molecular formula is C20H18F3N5O2S. The van der Waals surface area contributed by atoms with E-state index in [0.29, 0.717) is 5.56 Å². The number of carbonyl (C=O) groups excluding carboxylic acids is 2. The van der Waals surface area contributed by atoms with Crippen LogP contribution in [0.15, 0.2) is 54.6 Å². The topological polar surface area (TPSA) is 87.2 Å². The number of nitrogens with zero attached hydrogens (tertiary/aromatic N) is 3. The second kappa shape index (κ2) is 9.56. The Kier molecular flexibility index (Phi) is 6.85. The van der Waals surface area contributed by atoms with Crippen LogP contribution in [0.25, 0.3) is 0 Å². The van der Waals surface area contributed by atoms with Gasteiger partial charge in [-0.3, -0.25) is 10.1 Å². The van der Waals surface area contributed by atoms with Gasteiger partial charge in [0.05, 0.1) is 6.54 Å². The van der Waals surface area contributed by atoms with Crippen molar-refractivity contribution in [1.82, 2.24) is 19.6 Å². The second-order valence-electron chi connectivity index (χ2n) is 6.55. The molecule has 1 aromatic heterocycles. The lowest BCUT2D eigenvalue weighted by molar-refractivity contribution is -0.158. The summed E-state index contributed by atoms with van der Waals surface area (Å²) in [6, 6.07) is 12.0. The summed E-state index contributed by atoms with van der Waals surface area (Å²) in [5.74, 6) is -5.39. The number of anilines is 1. The number of alkyl halides is 2. The number of urea groups is 1. The number of rotatable bonds is 7. The van der Waals surface area contributed by atoms with Gasteiger partial charge in [-0.15, -0.1) is 0 Å². The molecule has 0 saturated heterocycles. The Morgan fingerprint density at radius 1 is 1.13 bits per heavy atom. The molecule has 0 fully saturated rings. The summed E-state index contributed by atoms with van der Waals surface area (Å²) < 4.78 is 46.0. The number of amides is 3. The lowest BCUT2D eigenvalue weighted by Gasteiger charge is -2.22. The SMILES string of the molecule is CN(Cc1nsc(NC(=O)NCc2cccc(F)c2)n1)C(=O)C(F)(F)c1ccccc1. The molecule has 7 nitrogen and oxygen atoms in total. The van der Waals surface area contributed by atoms with Crippen LogP contribution in [0.2, 0.25) is 0 Å². The highest BCUT2D eigenvalue weighted by molar-refractivity contribution is 7.09. The fraction of sp³-hybridized carbons (Fsp3) is 0.200. The van der Waals surface area contributed by atoms with Crippen molar-refractivity contribution in [3.63, 3.8) is 0 Å². The van der Waals surface area contributed by atoms with Crippen molar-refractivity contribution in [2.24, 2.45) is 0 Å². The molecule has 2 aromatic carbocycles. The minimum absolute atomic E-state index is 0.0983. The van der Waals surface area contributed by atoms with Crippen LogP contribution in [0.4, 0.5) is 23.1 Å². The summed E-state index contributed by atoms with van der Waals surface area (Å²) in [5.41, 5.74) is 0.169. The standard InChI is InChI=1S/C20H18F3N5O2S/c1-28(17(29)20(22,23)14-7-3-2-4-8-14)12-16-25-19(31-27-16)26-18(30)24-11-13-6-5-9-15(21)10-13/h2-10H,11-12H2,1H3,(H2,24,25,26,27,30). The Morgan fingerprint density at radius 2 is 1.87 bits per heavy atom. The molecule has 2 N–H and O–H groups in total. The van der Waals surface area contributed by atoms with Crippen molar-refractivity contribution in [1.29, 1.82) is 0 Å². The molecule has 0 unspecified atom stereocenters. The molecule has 3 aromatic rings. The Hall–Kier alpha value is -3.47. The third-order valence-corrected chi connectivity index (χ3v) is 4.83. The summed E-state index contributed by atoms with van der Waals surface area (Å²) in [6.07, 6.45) is 0. The molecular weight excluding hydrogens is 431 g/mol. The summed E-state index contributed by atoms with van der Waals surface area (Å²) in [4.78, 5) is 29.0. The Balaban J connectivity index is 1.54. The molecule has 11 heteroatoms. The normalized spacial score (nSPS) is 11.1. The zero-order chi connectivity index (χ0) is 22.4. The van der Waals surface area contributed by atoms with Crippen LogP contribution in [-0.4, -0.2) is 33.2 Å². The molecule has 0 bridgehead atoms. The first-order chi connectivity index (χ1) is 14.8. The van der Waals surface area contributed by atoms with E-state index in [2.05, 4.69) is 20.0 Å². The van der Waals surface area contributed by atoms with E-state index >= 15 is 0 Å². The van der Waals surface area contributed by atoms with Gasteiger partial charge < -0.3 is 10.2 Å². The molecule has 31 heavy (non-hydrogen) atoms. The first-order valence-corrected chi connectivity index (χ1v) is 9.84. The average Bonchev–Trinajstić information content (AvgIpc) is 3.18. The minimum atomic E-state index is -3.69. The van der Waals surface area contributed by atoms with Crippen molar-refractivity contribution in [2.45, 2.75) is 19.0 Å². The molecule has 0 aliphatic heterocycles. The van der Waals surface area contributed by atoms with Gasteiger partial charge in [0, 0.05) is 30.7 Å². The number of nitrogens with one attached hydrogen (secondary N) is 2. The second-order valence-corrected chi connectivity index (χ2v) is 7.31. The van der Waals surface area contributed by atoms with E-state index in [1.807, 2.05) is 0 Å². The lowest BCUT2D eigenvalue weighted by atomic mass is 10.1. The van der Waals surface area contributed by atoms with Crippen LogP contribution >= 0.6 is 11.5 Å². The van der Waals surface area contributed by atoms with Gasteiger partial charge in [-0.25, -0.2) is 14.2 Å². The largest absolute Gasteiger partial charge is 0.349 e. The number of hydrogen-bond donors (Lipinski definition) is 2. The Morgan fingerprint density at radius 3 is 2.58 bits per heavy atom. The molecule has 3 rings (SSSR count). The Bertz CT molecular complexity index is 1060. The highest BCUT2D eigenvalue weighted by Gasteiger charge is 2.43. The lowest BCUT2D eigenvalue weighted by Crippen LogP contribution is -2.39. The number of likely N-dealkylation sites (N-methyl/N-ethyl adjacent to an activating group) is 1. The molecule has 0 atom stereocenters. The van der Waals surface area contributed by atoms with Crippen LogP contribution in [0.1, 0.15) is 17.0 Å². The smallest absolute Gasteiger partial charge is 0.334 e. The van der Waals surface area contributed by atoms with Gasteiger partial charge in [0.1, 0.15) is 5.82 Å². The number of halogens is 3. The maximum atomic E-state index is 14.4. The van der Waals surface area contributed by atoms with Crippen molar-refractivity contribution in [2.75, 3.05) is 12.4 Å². The zero-order valence-corrected chi connectivity index (χ0v) is 17.1. The van der Waals surface area contributed by atoms with Crippen molar-refractivity contribution in [3.8, 4) is 0 Å². The van der Waals surface area contributed by atoms with Crippen LogP contribution in [0, 0.1) is 5.82 Å². The molecule has 0 spiro atoms. The van der Waals surface area contributed by atoms with E-state index in [1.54, 1.807) is 12.1 Å². The molecule has 0 aliphatic rings. The van der Waals surface area contributed by atoms with Gasteiger partial charge in [-0.1, -0.05) is 42.5 Å². The van der Waals surface area contributed by atoms with Crippen molar-refractivity contribution < 1.29 is 22.8 Å². The quantitative estimate of drug-likeness (QED) is 0.575. The first kappa shape index (κ1) is 22.2. The third kappa shape index (κ3) is 5.79. The predicted octanol–water partition coefficient (Wildman–Crippen LogP) is 3.75. The molecule has 0 aliphatic carbocycles. The zero-order valence-electron chi connectivity index (χ0n) is 16.3. The molecule has 0 radical (unpaired) electrons. The monoisotopic (exact) mass is 449 g/mol. The van der Waals surface area contributed by atoms with Crippen LogP contribution in [0.5, 0.6) is 0 Å². The molecule has 3 amide bonds. The number of carbonyl (C=O) groups is 2. The minimum Gasteiger partial charge on any atom is -0.334 e. The molecule has 1 heterocycles. The maximum Gasteiger partial charge on any atom is 0.349 e. The maximum absolute atomic E-state index is 14.4. The summed E-state index contributed by atoms with van der Waals surface area (Å²) in [7, 11) is 1.22. The summed E-state index contributed by atoms with van der Waals surface area (Å²) in [5, 5.41) is 5.12. The molecule has 0 saturated carbocycles.